The highest BCUT2D eigenvalue weighted by Gasteiger charge is 2.64. The zero-order chi connectivity index (χ0) is 8.11. The number of halogens is 1. The predicted octanol–water partition coefficient (Wildman–Crippen LogP) is 0.163. The van der Waals surface area contributed by atoms with E-state index < -0.39 is 18.2 Å². The number of fused-ring (bicyclic) bond motifs is 1. The SMILES string of the molecule is O=C(O)C12CC(CF)(CN1)C2. The van der Waals surface area contributed by atoms with Crippen LogP contribution in [0.3, 0.4) is 0 Å². The van der Waals surface area contributed by atoms with E-state index in [0.29, 0.717) is 19.4 Å². The van der Waals surface area contributed by atoms with E-state index in [-0.39, 0.29) is 5.41 Å². The topological polar surface area (TPSA) is 49.3 Å². The minimum Gasteiger partial charge on any atom is -0.480 e. The molecule has 2 saturated heterocycles. The van der Waals surface area contributed by atoms with Crippen molar-refractivity contribution in [2.75, 3.05) is 13.2 Å². The molecule has 0 aromatic heterocycles. The van der Waals surface area contributed by atoms with Gasteiger partial charge in [-0.25, -0.2) is 0 Å². The number of rotatable bonds is 2. The van der Waals surface area contributed by atoms with Crippen molar-refractivity contribution in [1.29, 1.82) is 0 Å². The lowest BCUT2D eigenvalue weighted by Gasteiger charge is -2.41. The molecule has 0 unspecified atom stereocenters. The number of hydrogen-bond acceptors (Lipinski definition) is 2. The largest absolute Gasteiger partial charge is 0.480 e. The van der Waals surface area contributed by atoms with Crippen LogP contribution in [-0.4, -0.2) is 29.8 Å². The highest BCUT2D eigenvalue weighted by atomic mass is 19.1. The molecule has 2 N–H and O–H groups in total. The second-order valence-electron chi connectivity index (χ2n) is 3.73. The molecule has 3 fully saturated rings. The summed E-state index contributed by atoms with van der Waals surface area (Å²) in [6.45, 7) is 0.130. The standard InChI is InChI=1S/C7H10FNO2/c8-3-6-1-7(2-6,5(10)11)9-4-6/h9H,1-4H2,(H,10,11). The number of carboxylic acid groups (broad SMARTS) is 1. The molecule has 0 atom stereocenters. The molecule has 0 aromatic rings. The molecule has 62 valence electrons. The summed E-state index contributed by atoms with van der Waals surface area (Å²) in [4.78, 5) is 10.6. The number of hydrogen-bond donors (Lipinski definition) is 2. The van der Waals surface area contributed by atoms with Gasteiger partial charge in [-0.3, -0.25) is 9.18 Å². The van der Waals surface area contributed by atoms with Crippen molar-refractivity contribution < 1.29 is 14.3 Å². The van der Waals surface area contributed by atoms with Crippen LogP contribution >= 0.6 is 0 Å². The zero-order valence-electron chi connectivity index (χ0n) is 6.06. The van der Waals surface area contributed by atoms with Crippen molar-refractivity contribution in [2.24, 2.45) is 5.41 Å². The molecule has 2 heterocycles. The van der Waals surface area contributed by atoms with Gasteiger partial charge in [0.15, 0.2) is 0 Å². The lowest BCUT2D eigenvalue weighted by molar-refractivity contribution is -0.149. The summed E-state index contributed by atoms with van der Waals surface area (Å²) in [5.74, 6) is -0.834. The monoisotopic (exact) mass is 159 g/mol. The predicted molar refractivity (Wildman–Crippen MR) is 36.0 cm³/mol. The van der Waals surface area contributed by atoms with Crippen LogP contribution in [0.15, 0.2) is 0 Å². The van der Waals surface area contributed by atoms with Gasteiger partial charge in [-0.15, -0.1) is 0 Å². The number of alkyl halides is 1. The summed E-state index contributed by atoms with van der Waals surface area (Å²) < 4.78 is 12.3. The van der Waals surface area contributed by atoms with Crippen LogP contribution in [0.25, 0.3) is 0 Å². The zero-order valence-corrected chi connectivity index (χ0v) is 6.06. The van der Waals surface area contributed by atoms with Crippen LogP contribution < -0.4 is 5.32 Å². The fraction of sp³-hybridized carbons (Fsp3) is 0.857. The van der Waals surface area contributed by atoms with Gasteiger partial charge in [0.25, 0.3) is 0 Å². The molecular weight excluding hydrogens is 149 g/mol. The lowest BCUT2D eigenvalue weighted by atomic mass is 9.63. The Balaban J connectivity index is 2.14. The van der Waals surface area contributed by atoms with Gasteiger partial charge in [-0.1, -0.05) is 0 Å². The maximum atomic E-state index is 12.3. The Morgan fingerprint density at radius 1 is 1.64 bits per heavy atom. The molecule has 3 rings (SSSR count). The maximum Gasteiger partial charge on any atom is 0.323 e. The summed E-state index contributed by atoms with van der Waals surface area (Å²) in [5.41, 5.74) is -1.11. The van der Waals surface area contributed by atoms with Gasteiger partial charge in [0, 0.05) is 12.0 Å². The Kier molecular flexibility index (Phi) is 1.12. The van der Waals surface area contributed by atoms with Crippen molar-refractivity contribution in [3.05, 3.63) is 0 Å². The van der Waals surface area contributed by atoms with E-state index in [0.717, 1.165) is 0 Å². The van der Waals surface area contributed by atoms with E-state index >= 15 is 0 Å². The molecule has 4 heteroatoms. The number of carboxylic acids is 1. The van der Waals surface area contributed by atoms with Crippen LogP contribution in [0.5, 0.6) is 0 Å². The van der Waals surface area contributed by atoms with Gasteiger partial charge in [0.2, 0.25) is 0 Å². The van der Waals surface area contributed by atoms with Crippen molar-refractivity contribution in [3.8, 4) is 0 Å². The molecule has 11 heavy (non-hydrogen) atoms. The third-order valence-corrected chi connectivity index (χ3v) is 2.85. The summed E-state index contributed by atoms with van der Waals surface area (Å²) in [7, 11) is 0. The first-order valence-electron chi connectivity index (χ1n) is 3.67. The molecular formula is C7H10FNO2. The van der Waals surface area contributed by atoms with E-state index in [4.69, 9.17) is 5.11 Å². The smallest absolute Gasteiger partial charge is 0.323 e. The Labute approximate surface area is 63.6 Å². The van der Waals surface area contributed by atoms with Crippen LogP contribution in [0.4, 0.5) is 4.39 Å². The van der Waals surface area contributed by atoms with Gasteiger partial charge < -0.3 is 10.4 Å². The van der Waals surface area contributed by atoms with Crippen molar-refractivity contribution in [1.82, 2.24) is 5.32 Å². The minimum atomic E-state index is -0.834. The highest BCUT2D eigenvalue weighted by Crippen LogP contribution is 2.54. The first-order chi connectivity index (χ1) is 5.13. The van der Waals surface area contributed by atoms with Gasteiger partial charge >= 0.3 is 5.97 Å². The van der Waals surface area contributed by atoms with E-state index in [1.165, 1.54) is 0 Å². The third kappa shape index (κ3) is 0.677. The Bertz CT molecular complexity index is 210. The van der Waals surface area contributed by atoms with Crippen molar-refractivity contribution in [2.45, 2.75) is 18.4 Å². The first-order valence-corrected chi connectivity index (χ1v) is 3.67. The summed E-state index contributed by atoms with van der Waals surface area (Å²) in [6.07, 6.45) is 0.928. The molecule has 1 aliphatic carbocycles. The van der Waals surface area contributed by atoms with Gasteiger partial charge in [0.05, 0.1) is 6.67 Å². The average molecular weight is 159 g/mol. The summed E-state index contributed by atoms with van der Waals surface area (Å²) in [5, 5.41) is 11.6. The van der Waals surface area contributed by atoms with E-state index in [9.17, 15) is 9.18 Å². The molecule has 2 aliphatic heterocycles. The molecule has 1 saturated carbocycles. The maximum absolute atomic E-state index is 12.3. The van der Waals surface area contributed by atoms with Crippen molar-refractivity contribution in [3.63, 3.8) is 0 Å². The molecule has 3 nitrogen and oxygen atoms in total. The highest BCUT2D eigenvalue weighted by molar-refractivity contribution is 5.81. The van der Waals surface area contributed by atoms with Gasteiger partial charge in [-0.2, -0.15) is 0 Å². The van der Waals surface area contributed by atoms with E-state index in [1.54, 1.807) is 0 Å². The number of nitrogens with one attached hydrogen (secondary N) is 1. The fourth-order valence-electron chi connectivity index (χ4n) is 2.20. The molecule has 0 aromatic carbocycles. The van der Waals surface area contributed by atoms with Crippen molar-refractivity contribution >= 4 is 5.97 Å². The second-order valence-corrected chi connectivity index (χ2v) is 3.73. The second kappa shape index (κ2) is 1.75. The quantitative estimate of drug-likeness (QED) is 0.603. The Morgan fingerprint density at radius 2 is 2.27 bits per heavy atom. The summed E-state index contributed by atoms with van der Waals surface area (Å²) >= 11 is 0. The molecule has 2 bridgehead atoms. The summed E-state index contributed by atoms with van der Waals surface area (Å²) in [6, 6.07) is 0. The molecule has 0 radical (unpaired) electrons. The fourth-order valence-corrected chi connectivity index (χ4v) is 2.20. The number of carbonyl (C=O) groups is 1. The van der Waals surface area contributed by atoms with Crippen LogP contribution in [0.2, 0.25) is 0 Å². The first kappa shape index (κ1) is 7.03. The lowest BCUT2D eigenvalue weighted by Crippen LogP contribution is -2.54. The van der Waals surface area contributed by atoms with Gasteiger partial charge in [-0.05, 0) is 12.8 Å². The van der Waals surface area contributed by atoms with E-state index in [2.05, 4.69) is 5.32 Å². The average Bonchev–Trinajstić information content (AvgIpc) is 2.39. The molecule has 0 amide bonds. The van der Waals surface area contributed by atoms with Crippen LogP contribution in [0.1, 0.15) is 12.8 Å². The van der Waals surface area contributed by atoms with E-state index in [1.807, 2.05) is 0 Å². The third-order valence-electron chi connectivity index (χ3n) is 2.85. The Morgan fingerprint density at radius 3 is 2.55 bits per heavy atom. The normalized spacial score (nSPS) is 47.0. The van der Waals surface area contributed by atoms with Gasteiger partial charge in [0.1, 0.15) is 5.54 Å². The molecule has 0 spiro atoms. The van der Waals surface area contributed by atoms with Crippen LogP contribution in [0, 0.1) is 5.41 Å². The molecule has 3 aliphatic rings. The number of aliphatic carboxylic acids is 1. The minimum absolute atomic E-state index is 0.335. The van der Waals surface area contributed by atoms with Crippen LogP contribution in [-0.2, 0) is 4.79 Å². The Hall–Kier alpha value is -0.640.